The maximum atomic E-state index is 5.56. The van der Waals surface area contributed by atoms with Crippen LogP contribution in [0.3, 0.4) is 0 Å². The Morgan fingerprint density at radius 2 is 1.74 bits per heavy atom. The quantitative estimate of drug-likeness (QED) is 0.685. The van der Waals surface area contributed by atoms with Crippen molar-refractivity contribution in [2.24, 2.45) is 0 Å². The molecular weight excluding hydrogens is 282 g/mol. The third-order valence-corrected chi connectivity index (χ3v) is 4.10. The zero-order valence-corrected chi connectivity index (χ0v) is 13.8. The molecule has 0 fully saturated rings. The molecule has 0 aromatic heterocycles. The van der Waals surface area contributed by atoms with Gasteiger partial charge in [-0.05, 0) is 53.9 Å². The van der Waals surface area contributed by atoms with E-state index in [2.05, 4.69) is 66.8 Å². The molecule has 2 nitrogen and oxygen atoms in total. The standard InChI is InChI=1S/C21H23NO/c1-3-23-21-10-6-7-17(13-21)15-22-16(2)19-12-11-18-8-4-5-9-20(18)14-19/h4-14,16,22H,3,15H2,1-2H3. The van der Waals surface area contributed by atoms with Crippen molar-refractivity contribution in [3.63, 3.8) is 0 Å². The molecule has 118 valence electrons. The van der Waals surface area contributed by atoms with Crippen LogP contribution in [0.1, 0.15) is 31.0 Å². The van der Waals surface area contributed by atoms with Gasteiger partial charge < -0.3 is 10.1 Å². The van der Waals surface area contributed by atoms with Crippen LogP contribution in [-0.2, 0) is 6.54 Å². The second kappa shape index (κ2) is 7.30. The lowest BCUT2D eigenvalue weighted by molar-refractivity contribution is 0.339. The van der Waals surface area contributed by atoms with E-state index in [1.807, 2.05) is 19.1 Å². The Balaban J connectivity index is 1.68. The summed E-state index contributed by atoms with van der Waals surface area (Å²) in [6.45, 7) is 5.74. The summed E-state index contributed by atoms with van der Waals surface area (Å²) in [6, 6.07) is 23.7. The van der Waals surface area contributed by atoms with Gasteiger partial charge in [0.2, 0.25) is 0 Å². The molecule has 0 bridgehead atoms. The highest BCUT2D eigenvalue weighted by Crippen LogP contribution is 2.21. The first-order valence-electron chi connectivity index (χ1n) is 8.20. The number of hydrogen-bond donors (Lipinski definition) is 1. The van der Waals surface area contributed by atoms with Gasteiger partial charge in [0.15, 0.2) is 0 Å². The molecule has 3 aromatic rings. The van der Waals surface area contributed by atoms with E-state index in [4.69, 9.17) is 4.74 Å². The highest BCUT2D eigenvalue weighted by molar-refractivity contribution is 5.83. The zero-order valence-electron chi connectivity index (χ0n) is 13.8. The molecule has 0 amide bonds. The molecule has 1 N–H and O–H groups in total. The van der Waals surface area contributed by atoms with Gasteiger partial charge in [0.05, 0.1) is 6.61 Å². The van der Waals surface area contributed by atoms with E-state index in [9.17, 15) is 0 Å². The monoisotopic (exact) mass is 305 g/mol. The summed E-state index contributed by atoms with van der Waals surface area (Å²) in [6.07, 6.45) is 0. The second-order valence-electron chi connectivity index (χ2n) is 5.79. The largest absolute Gasteiger partial charge is 0.494 e. The first kappa shape index (κ1) is 15.6. The molecule has 3 aromatic carbocycles. The third-order valence-electron chi connectivity index (χ3n) is 4.10. The van der Waals surface area contributed by atoms with Crippen molar-refractivity contribution >= 4 is 10.8 Å². The van der Waals surface area contributed by atoms with E-state index in [1.165, 1.54) is 21.9 Å². The van der Waals surface area contributed by atoms with Crippen molar-refractivity contribution < 1.29 is 4.74 Å². The lowest BCUT2D eigenvalue weighted by Gasteiger charge is -2.15. The number of fused-ring (bicyclic) bond motifs is 1. The number of nitrogens with one attached hydrogen (secondary N) is 1. The minimum Gasteiger partial charge on any atom is -0.494 e. The summed E-state index contributed by atoms with van der Waals surface area (Å²) < 4.78 is 5.56. The van der Waals surface area contributed by atoms with E-state index >= 15 is 0 Å². The molecule has 1 atom stereocenters. The highest BCUT2D eigenvalue weighted by Gasteiger charge is 2.06. The van der Waals surface area contributed by atoms with E-state index in [0.29, 0.717) is 12.6 Å². The van der Waals surface area contributed by atoms with Gasteiger partial charge in [-0.25, -0.2) is 0 Å². The fourth-order valence-corrected chi connectivity index (χ4v) is 2.78. The summed E-state index contributed by atoms with van der Waals surface area (Å²) in [7, 11) is 0. The predicted molar refractivity (Wildman–Crippen MR) is 96.8 cm³/mol. The Bertz CT molecular complexity index is 781. The van der Waals surface area contributed by atoms with Gasteiger partial charge in [-0.1, -0.05) is 48.5 Å². The molecular formula is C21H23NO. The first-order valence-corrected chi connectivity index (χ1v) is 8.20. The van der Waals surface area contributed by atoms with Gasteiger partial charge in [0.25, 0.3) is 0 Å². The van der Waals surface area contributed by atoms with Crippen molar-refractivity contribution in [2.75, 3.05) is 6.61 Å². The van der Waals surface area contributed by atoms with Crippen molar-refractivity contribution in [3.8, 4) is 5.75 Å². The minimum atomic E-state index is 0.301. The lowest BCUT2D eigenvalue weighted by Crippen LogP contribution is -2.18. The molecule has 0 spiro atoms. The van der Waals surface area contributed by atoms with E-state index in [0.717, 1.165) is 12.3 Å². The average molecular weight is 305 g/mol. The van der Waals surface area contributed by atoms with Crippen molar-refractivity contribution in [2.45, 2.75) is 26.4 Å². The van der Waals surface area contributed by atoms with Crippen LogP contribution in [0.4, 0.5) is 0 Å². The number of hydrogen-bond acceptors (Lipinski definition) is 2. The minimum absolute atomic E-state index is 0.301. The third kappa shape index (κ3) is 3.91. The van der Waals surface area contributed by atoms with Gasteiger partial charge in [-0.15, -0.1) is 0 Å². The van der Waals surface area contributed by atoms with Crippen LogP contribution in [0.25, 0.3) is 10.8 Å². The maximum absolute atomic E-state index is 5.56. The molecule has 0 aliphatic heterocycles. The molecule has 0 aliphatic rings. The molecule has 1 unspecified atom stereocenters. The van der Waals surface area contributed by atoms with Gasteiger partial charge in [0.1, 0.15) is 5.75 Å². The van der Waals surface area contributed by atoms with Crippen LogP contribution < -0.4 is 10.1 Å². The van der Waals surface area contributed by atoms with Crippen LogP contribution >= 0.6 is 0 Å². The molecule has 0 heterocycles. The SMILES string of the molecule is CCOc1cccc(CNC(C)c2ccc3ccccc3c2)c1. The molecule has 0 saturated heterocycles. The van der Waals surface area contributed by atoms with Gasteiger partial charge >= 0.3 is 0 Å². The second-order valence-corrected chi connectivity index (χ2v) is 5.79. The van der Waals surface area contributed by atoms with E-state index < -0.39 is 0 Å². The molecule has 0 aliphatic carbocycles. The molecule has 0 radical (unpaired) electrons. The molecule has 2 heteroatoms. The van der Waals surface area contributed by atoms with Crippen LogP contribution in [-0.4, -0.2) is 6.61 Å². The van der Waals surface area contributed by atoms with E-state index in [1.54, 1.807) is 0 Å². The molecule has 23 heavy (non-hydrogen) atoms. The van der Waals surface area contributed by atoms with Gasteiger partial charge in [0, 0.05) is 12.6 Å². The van der Waals surface area contributed by atoms with Crippen LogP contribution in [0.5, 0.6) is 5.75 Å². The Morgan fingerprint density at radius 1 is 0.913 bits per heavy atom. The summed E-state index contributed by atoms with van der Waals surface area (Å²) in [5.74, 6) is 0.935. The fraction of sp³-hybridized carbons (Fsp3) is 0.238. The van der Waals surface area contributed by atoms with E-state index in [-0.39, 0.29) is 0 Å². The predicted octanol–water partition coefficient (Wildman–Crippen LogP) is 5.09. The Hall–Kier alpha value is -2.32. The Labute approximate surface area is 138 Å². The van der Waals surface area contributed by atoms with Gasteiger partial charge in [-0.3, -0.25) is 0 Å². The number of ether oxygens (including phenoxy) is 1. The van der Waals surface area contributed by atoms with Crippen LogP contribution in [0, 0.1) is 0 Å². The average Bonchev–Trinajstić information content (AvgIpc) is 2.60. The Morgan fingerprint density at radius 3 is 2.57 bits per heavy atom. The highest BCUT2D eigenvalue weighted by atomic mass is 16.5. The summed E-state index contributed by atoms with van der Waals surface area (Å²) >= 11 is 0. The normalized spacial score (nSPS) is 12.3. The summed E-state index contributed by atoms with van der Waals surface area (Å²) in [5.41, 5.74) is 2.55. The number of benzene rings is 3. The van der Waals surface area contributed by atoms with Crippen molar-refractivity contribution in [3.05, 3.63) is 77.9 Å². The zero-order chi connectivity index (χ0) is 16.1. The molecule has 0 saturated carbocycles. The number of rotatable bonds is 6. The molecule has 3 rings (SSSR count). The van der Waals surface area contributed by atoms with Crippen molar-refractivity contribution in [1.29, 1.82) is 0 Å². The lowest BCUT2D eigenvalue weighted by atomic mass is 10.0. The fourth-order valence-electron chi connectivity index (χ4n) is 2.78. The maximum Gasteiger partial charge on any atom is 0.119 e. The van der Waals surface area contributed by atoms with Crippen LogP contribution in [0.2, 0.25) is 0 Å². The summed E-state index contributed by atoms with van der Waals surface area (Å²) in [5, 5.41) is 6.17. The van der Waals surface area contributed by atoms with Gasteiger partial charge in [-0.2, -0.15) is 0 Å². The summed E-state index contributed by atoms with van der Waals surface area (Å²) in [4.78, 5) is 0. The van der Waals surface area contributed by atoms with Crippen LogP contribution in [0.15, 0.2) is 66.7 Å². The Kier molecular flexibility index (Phi) is 4.94. The van der Waals surface area contributed by atoms with Crippen molar-refractivity contribution in [1.82, 2.24) is 5.32 Å². The first-order chi connectivity index (χ1) is 11.3. The smallest absolute Gasteiger partial charge is 0.119 e. The topological polar surface area (TPSA) is 21.3 Å².